The Morgan fingerprint density at radius 1 is 1.33 bits per heavy atom. The number of rotatable bonds is 3. The quantitative estimate of drug-likeness (QED) is 0.859. The molecule has 3 amide bonds. The highest BCUT2D eigenvalue weighted by Gasteiger charge is 2.22. The van der Waals surface area contributed by atoms with Gasteiger partial charge in [-0.15, -0.1) is 0 Å². The van der Waals surface area contributed by atoms with Gasteiger partial charge in [-0.2, -0.15) is 0 Å². The van der Waals surface area contributed by atoms with Crippen LogP contribution in [-0.2, 0) is 9.59 Å². The molecule has 1 atom stereocenters. The first-order valence-corrected chi connectivity index (χ1v) is 6.90. The molecule has 0 bridgehead atoms. The highest BCUT2D eigenvalue weighted by atomic mass is 16.2. The number of para-hydroxylation sites is 1. The van der Waals surface area contributed by atoms with Gasteiger partial charge in [0.1, 0.15) is 0 Å². The van der Waals surface area contributed by atoms with Crippen LogP contribution in [0.4, 0.5) is 5.69 Å². The number of benzene rings is 1. The van der Waals surface area contributed by atoms with Gasteiger partial charge in [-0.05, 0) is 18.6 Å². The van der Waals surface area contributed by atoms with Crippen LogP contribution >= 0.6 is 0 Å². The summed E-state index contributed by atoms with van der Waals surface area (Å²) in [6, 6.07) is 6.89. The van der Waals surface area contributed by atoms with Gasteiger partial charge in [-0.1, -0.05) is 12.1 Å². The van der Waals surface area contributed by atoms with Gasteiger partial charge < -0.3 is 15.5 Å². The number of hydrogen-bond donors (Lipinski definition) is 2. The highest BCUT2D eigenvalue weighted by molar-refractivity contribution is 6.04. The fourth-order valence-electron chi connectivity index (χ4n) is 2.25. The molecule has 1 heterocycles. The van der Waals surface area contributed by atoms with Crippen LogP contribution in [0.3, 0.4) is 0 Å². The van der Waals surface area contributed by atoms with Crippen molar-refractivity contribution in [3.8, 4) is 0 Å². The lowest BCUT2D eigenvalue weighted by atomic mass is 10.1. The molecule has 1 fully saturated rings. The second-order valence-corrected chi connectivity index (χ2v) is 5.11. The van der Waals surface area contributed by atoms with E-state index in [0.29, 0.717) is 30.6 Å². The Balaban J connectivity index is 2.12. The lowest BCUT2D eigenvalue weighted by Crippen LogP contribution is -2.48. The zero-order chi connectivity index (χ0) is 15.4. The van der Waals surface area contributed by atoms with Gasteiger partial charge >= 0.3 is 0 Å². The fourth-order valence-corrected chi connectivity index (χ4v) is 2.25. The van der Waals surface area contributed by atoms with E-state index < -0.39 is 0 Å². The van der Waals surface area contributed by atoms with Gasteiger partial charge in [0.25, 0.3) is 5.91 Å². The number of carbonyl (C=O) groups excluding carboxylic acids is 3. The third-order valence-corrected chi connectivity index (χ3v) is 3.58. The second kappa shape index (κ2) is 6.39. The van der Waals surface area contributed by atoms with Crippen molar-refractivity contribution in [2.75, 3.05) is 18.5 Å². The van der Waals surface area contributed by atoms with Crippen molar-refractivity contribution in [3.63, 3.8) is 0 Å². The van der Waals surface area contributed by atoms with Crippen LogP contribution in [0, 0.1) is 0 Å². The lowest BCUT2D eigenvalue weighted by molar-refractivity contribution is -0.122. The van der Waals surface area contributed by atoms with Crippen LogP contribution in [0.25, 0.3) is 0 Å². The van der Waals surface area contributed by atoms with Gasteiger partial charge in [0.05, 0.1) is 11.3 Å². The fraction of sp³-hybridized carbons (Fsp3) is 0.400. The van der Waals surface area contributed by atoms with Gasteiger partial charge in [-0.25, -0.2) is 0 Å². The maximum Gasteiger partial charge on any atom is 0.253 e. The third kappa shape index (κ3) is 3.59. The van der Waals surface area contributed by atoms with Crippen LogP contribution in [0.1, 0.15) is 30.1 Å². The molecule has 1 aromatic carbocycles. The second-order valence-electron chi connectivity index (χ2n) is 5.11. The largest absolute Gasteiger partial charge is 0.354 e. The van der Waals surface area contributed by atoms with Gasteiger partial charge in [-0.3, -0.25) is 14.4 Å². The summed E-state index contributed by atoms with van der Waals surface area (Å²) in [6.45, 7) is 1.89. The number of carbonyl (C=O) groups is 3. The minimum absolute atomic E-state index is 0.0113. The molecule has 112 valence electrons. The molecular weight excluding hydrogens is 270 g/mol. The first kappa shape index (κ1) is 15.0. The summed E-state index contributed by atoms with van der Waals surface area (Å²) < 4.78 is 0. The molecule has 6 heteroatoms. The molecular formula is C15H19N3O3. The predicted molar refractivity (Wildman–Crippen MR) is 79.0 cm³/mol. The summed E-state index contributed by atoms with van der Waals surface area (Å²) in [4.78, 5) is 36.4. The molecule has 6 nitrogen and oxygen atoms in total. The summed E-state index contributed by atoms with van der Waals surface area (Å²) in [5.74, 6) is -0.364. The number of amides is 3. The molecule has 1 aliphatic rings. The van der Waals surface area contributed by atoms with Crippen LogP contribution in [0.15, 0.2) is 24.3 Å². The number of hydrogen-bond acceptors (Lipinski definition) is 3. The average Bonchev–Trinajstić information content (AvgIpc) is 2.48. The molecule has 1 saturated heterocycles. The smallest absolute Gasteiger partial charge is 0.253 e. The summed E-state index contributed by atoms with van der Waals surface area (Å²) >= 11 is 0. The molecule has 2 N–H and O–H groups in total. The molecule has 0 aliphatic carbocycles. The van der Waals surface area contributed by atoms with Gasteiger partial charge in [0, 0.05) is 33.0 Å². The summed E-state index contributed by atoms with van der Waals surface area (Å²) in [7, 11) is 1.63. The summed E-state index contributed by atoms with van der Waals surface area (Å²) in [5.41, 5.74) is 1.02. The maximum atomic E-state index is 12.4. The van der Waals surface area contributed by atoms with E-state index in [4.69, 9.17) is 0 Å². The molecule has 1 aromatic rings. The Kier molecular flexibility index (Phi) is 4.57. The van der Waals surface area contributed by atoms with E-state index in [2.05, 4.69) is 10.6 Å². The van der Waals surface area contributed by atoms with Crippen molar-refractivity contribution in [3.05, 3.63) is 29.8 Å². The molecule has 2 rings (SSSR count). The van der Waals surface area contributed by atoms with Crippen molar-refractivity contribution in [2.45, 2.75) is 25.8 Å². The van der Waals surface area contributed by atoms with Gasteiger partial charge in [0.15, 0.2) is 0 Å². The van der Waals surface area contributed by atoms with E-state index in [-0.39, 0.29) is 23.8 Å². The van der Waals surface area contributed by atoms with Crippen molar-refractivity contribution >= 4 is 23.4 Å². The van der Waals surface area contributed by atoms with Crippen LogP contribution in [-0.4, -0.2) is 37.4 Å². The van der Waals surface area contributed by atoms with Crippen molar-refractivity contribution in [1.29, 1.82) is 0 Å². The molecule has 1 unspecified atom stereocenters. The van der Waals surface area contributed by atoms with Crippen molar-refractivity contribution in [2.24, 2.45) is 0 Å². The Bertz CT molecular complexity index is 561. The normalized spacial score (nSPS) is 17.8. The number of anilines is 1. The SMILES string of the molecule is CC(=O)N(C)c1ccccc1C(=O)NC1CCC(=O)NC1. The zero-order valence-electron chi connectivity index (χ0n) is 12.2. The topological polar surface area (TPSA) is 78.5 Å². The Morgan fingerprint density at radius 2 is 2.05 bits per heavy atom. The Hall–Kier alpha value is -2.37. The van der Waals surface area contributed by atoms with Crippen LogP contribution < -0.4 is 15.5 Å². The lowest BCUT2D eigenvalue weighted by Gasteiger charge is -2.25. The number of nitrogens with zero attached hydrogens (tertiary/aromatic N) is 1. The summed E-state index contributed by atoms with van der Waals surface area (Å²) in [6.07, 6.45) is 1.04. The minimum atomic E-state index is -0.236. The predicted octanol–water partition coefficient (Wildman–Crippen LogP) is 0.678. The summed E-state index contributed by atoms with van der Waals surface area (Å²) in [5, 5.41) is 5.62. The molecule has 0 radical (unpaired) electrons. The Labute approximate surface area is 123 Å². The maximum absolute atomic E-state index is 12.4. The number of nitrogens with one attached hydrogen (secondary N) is 2. The standard InChI is InChI=1S/C15H19N3O3/c1-10(19)18(2)13-6-4-3-5-12(13)15(21)17-11-7-8-14(20)16-9-11/h3-6,11H,7-9H2,1-2H3,(H,16,20)(H,17,21). The van der Waals surface area contributed by atoms with Gasteiger partial charge in [0.2, 0.25) is 11.8 Å². The van der Waals surface area contributed by atoms with E-state index in [9.17, 15) is 14.4 Å². The number of piperidine rings is 1. The van der Waals surface area contributed by atoms with E-state index in [0.717, 1.165) is 0 Å². The molecule has 0 saturated carbocycles. The molecule has 0 aromatic heterocycles. The van der Waals surface area contributed by atoms with Crippen LogP contribution in [0.5, 0.6) is 0 Å². The average molecular weight is 289 g/mol. The minimum Gasteiger partial charge on any atom is -0.354 e. The van der Waals surface area contributed by atoms with E-state index in [1.165, 1.54) is 11.8 Å². The highest BCUT2D eigenvalue weighted by Crippen LogP contribution is 2.19. The molecule has 0 spiro atoms. The third-order valence-electron chi connectivity index (χ3n) is 3.58. The van der Waals surface area contributed by atoms with E-state index in [1.807, 2.05) is 0 Å². The Morgan fingerprint density at radius 3 is 2.67 bits per heavy atom. The van der Waals surface area contributed by atoms with E-state index >= 15 is 0 Å². The van der Waals surface area contributed by atoms with Crippen molar-refractivity contribution in [1.82, 2.24) is 10.6 Å². The van der Waals surface area contributed by atoms with Crippen LogP contribution in [0.2, 0.25) is 0 Å². The van der Waals surface area contributed by atoms with E-state index in [1.54, 1.807) is 31.3 Å². The monoisotopic (exact) mass is 289 g/mol. The molecule has 1 aliphatic heterocycles. The first-order valence-electron chi connectivity index (χ1n) is 6.90. The zero-order valence-corrected chi connectivity index (χ0v) is 12.2. The van der Waals surface area contributed by atoms with Crippen molar-refractivity contribution < 1.29 is 14.4 Å². The molecule has 21 heavy (non-hydrogen) atoms. The first-order chi connectivity index (χ1) is 9.99.